The quantitative estimate of drug-likeness (QED) is 0.484. The fraction of sp³-hybridized carbons (Fsp3) is 0.917. The van der Waals surface area contributed by atoms with E-state index in [9.17, 15) is 4.79 Å². The van der Waals surface area contributed by atoms with Crippen LogP contribution >= 0.6 is 0 Å². The van der Waals surface area contributed by atoms with Gasteiger partial charge in [-0.25, -0.2) is 0 Å². The molecule has 0 aromatic heterocycles. The van der Waals surface area contributed by atoms with Gasteiger partial charge in [0.25, 0.3) is 0 Å². The maximum atomic E-state index is 11.2. The molecule has 0 saturated heterocycles. The van der Waals surface area contributed by atoms with E-state index in [4.69, 9.17) is 0 Å². The van der Waals surface area contributed by atoms with Crippen molar-refractivity contribution in [1.29, 1.82) is 0 Å². The van der Waals surface area contributed by atoms with Crippen molar-refractivity contribution >= 4 is 5.91 Å². The summed E-state index contributed by atoms with van der Waals surface area (Å²) in [6.45, 7) is 7.55. The molecule has 0 unspecified atom stereocenters. The SMILES string of the molecule is CNCCCCCNCCNC(=O)C(C)C. The van der Waals surface area contributed by atoms with Gasteiger partial charge in [-0.2, -0.15) is 0 Å². The summed E-state index contributed by atoms with van der Waals surface area (Å²) in [5.41, 5.74) is 0. The molecule has 0 aromatic rings. The molecule has 0 atom stereocenters. The first-order chi connectivity index (χ1) is 7.68. The van der Waals surface area contributed by atoms with E-state index in [1.165, 1.54) is 19.3 Å². The molecule has 16 heavy (non-hydrogen) atoms. The fourth-order valence-electron chi connectivity index (χ4n) is 1.33. The van der Waals surface area contributed by atoms with Gasteiger partial charge < -0.3 is 16.0 Å². The third kappa shape index (κ3) is 9.93. The van der Waals surface area contributed by atoms with Crippen LogP contribution in [0.3, 0.4) is 0 Å². The van der Waals surface area contributed by atoms with Crippen LogP contribution in [0.4, 0.5) is 0 Å². The minimum Gasteiger partial charge on any atom is -0.355 e. The number of amides is 1. The van der Waals surface area contributed by atoms with Gasteiger partial charge in [-0.1, -0.05) is 20.3 Å². The summed E-state index contributed by atoms with van der Waals surface area (Å²) >= 11 is 0. The molecule has 0 fully saturated rings. The van der Waals surface area contributed by atoms with Gasteiger partial charge >= 0.3 is 0 Å². The van der Waals surface area contributed by atoms with Crippen molar-refractivity contribution in [2.24, 2.45) is 5.92 Å². The molecule has 0 aliphatic rings. The molecular formula is C12H27N3O. The Labute approximate surface area is 99.6 Å². The van der Waals surface area contributed by atoms with Crippen LogP contribution in [-0.2, 0) is 4.79 Å². The van der Waals surface area contributed by atoms with E-state index in [1.807, 2.05) is 20.9 Å². The third-order valence-corrected chi connectivity index (χ3v) is 2.41. The van der Waals surface area contributed by atoms with Crippen LogP contribution in [0.2, 0.25) is 0 Å². The zero-order valence-corrected chi connectivity index (χ0v) is 10.9. The molecule has 0 aliphatic heterocycles. The van der Waals surface area contributed by atoms with E-state index < -0.39 is 0 Å². The van der Waals surface area contributed by atoms with Crippen molar-refractivity contribution in [3.05, 3.63) is 0 Å². The maximum Gasteiger partial charge on any atom is 0.222 e. The van der Waals surface area contributed by atoms with Gasteiger partial charge in [0.1, 0.15) is 0 Å². The number of nitrogens with one attached hydrogen (secondary N) is 3. The summed E-state index contributed by atoms with van der Waals surface area (Å²) < 4.78 is 0. The van der Waals surface area contributed by atoms with Crippen molar-refractivity contribution in [3.8, 4) is 0 Å². The summed E-state index contributed by atoms with van der Waals surface area (Å²) in [5, 5.41) is 9.34. The summed E-state index contributed by atoms with van der Waals surface area (Å²) in [4.78, 5) is 11.2. The summed E-state index contributed by atoms with van der Waals surface area (Å²) in [6.07, 6.45) is 3.70. The van der Waals surface area contributed by atoms with Crippen LogP contribution < -0.4 is 16.0 Å². The second-order valence-corrected chi connectivity index (χ2v) is 4.36. The number of carbonyl (C=O) groups excluding carboxylic acids is 1. The molecule has 0 radical (unpaired) electrons. The van der Waals surface area contributed by atoms with Gasteiger partial charge in [-0.15, -0.1) is 0 Å². The zero-order chi connectivity index (χ0) is 12.2. The first-order valence-corrected chi connectivity index (χ1v) is 6.31. The molecule has 1 amide bonds. The Morgan fingerprint density at radius 3 is 2.31 bits per heavy atom. The molecule has 0 heterocycles. The minimum atomic E-state index is 0.0848. The summed E-state index contributed by atoms with van der Waals surface area (Å²) in [6, 6.07) is 0. The van der Waals surface area contributed by atoms with E-state index in [2.05, 4.69) is 16.0 Å². The predicted octanol–water partition coefficient (Wildman–Crippen LogP) is 0.738. The van der Waals surface area contributed by atoms with Crippen LogP contribution in [0.5, 0.6) is 0 Å². The molecular weight excluding hydrogens is 202 g/mol. The fourth-order valence-corrected chi connectivity index (χ4v) is 1.33. The van der Waals surface area contributed by atoms with E-state index in [0.717, 1.165) is 26.2 Å². The molecule has 4 nitrogen and oxygen atoms in total. The normalized spacial score (nSPS) is 10.8. The van der Waals surface area contributed by atoms with Gasteiger partial charge in [0.2, 0.25) is 5.91 Å². The van der Waals surface area contributed by atoms with Crippen LogP contribution in [0.1, 0.15) is 33.1 Å². The lowest BCUT2D eigenvalue weighted by atomic mass is 10.2. The van der Waals surface area contributed by atoms with E-state index in [0.29, 0.717) is 0 Å². The lowest BCUT2D eigenvalue weighted by Gasteiger charge is -2.08. The molecule has 0 saturated carbocycles. The molecule has 96 valence electrons. The van der Waals surface area contributed by atoms with E-state index >= 15 is 0 Å². The molecule has 3 N–H and O–H groups in total. The van der Waals surface area contributed by atoms with Gasteiger partial charge in [0, 0.05) is 19.0 Å². The molecule has 0 spiro atoms. The number of hydrogen-bond donors (Lipinski definition) is 3. The Morgan fingerprint density at radius 1 is 1.00 bits per heavy atom. The molecule has 0 aliphatic carbocycles. The van der Waals surface area contributed by atoms with Crippen LogP contribution in [0, 0.1) is 5.92 Å². The van der Waals surface area contributed by atoms with Crippen LogP contribution in [0.25, 0.3) is 0 Å². The highest BCUT2D eigenvalue weighted by Crippen LogP contribution is 1.91. The molecule has 4 heteroatoms. The van der Waals surface area contributed by atoms with E-state index in [-0.39, 0.29) is 11.8 Å². The maximum absolute atomic E-state index is 11.2. The zero-order valence-electron chi connectivity index (χ0n) is 10.9. The predicted molar refractivity (Wildman–Crippen MR) is 68.5 cm³/mol. The second kappa shape index (κ2) is 10.9. The average molecular weight is 229 g/mol. The van der Waals surface area contributed by atoms with Crippen molar-refractivity contribution in [2.45, 2.75) is 33.1 Å². The smallest absolute Gasteiger partial charge is 0.222 e. The monoisotopic (exact) mass is 229 g/mol. The highest BCUT2D eigenvalue weighted by atomic mass is 16.1. The van der Waals surface area contributed by atoms with Crippen molar-refractivity contribution < 1.29 is 4.79 Å². The molecule has 0 rings (SSSR count). The number of rotatable bonds is 10. The standard InChI is InChI=1S/C12H27N3O/c1-11(2)12(16)15-10-9-14-8-6-4-5-7-13-3/h11,13-14H,4-10H2,1-3H3,(H,15,16). The van der Waals surface area contributed by atoms with Gasteiger partial charge in [-0.05, 0) is 33.0 Å². The lowest BCUT2D eigenvalue weighted by molar-refractivity contribution is -0.123. The van der Waals surface area contributed by atoms with Crippen LogP contribution in [0.15, 0.2) is 0 Å². The summed E-state index contributed by atoms with van der Waals surface area (Å²) in [7, 11) is 1.98. The lowest BCUT2D eigenvalue weighted by Crippen LogP contribution is -2.34. The Morgan fingerprint density at radius 2 is 1.69 bits per heavy atom. The Balaban J connectivity index is 3.07. The van der Waals surface area contributed by atoms with E-state index in [1.54, 1.807) is 0 Å². The van der Waals surface area contributed by atoms with Crippen LogP contribution in [-0.4, -0.2) is 39.1 Å². The Hall–Kier alpha value is -0.610. The number of carbonyl (C=O) groups is 1. The topological polar surface area (TPSA) is 53.2 Å². The summed E-state index contributed by atoms with van der Waals surface area (Å²) in [5.74, 6) is 0.220. The van der Waals surface area contributed by atoms with Gasteiger partial charge in [0.05, 0.1) is 0 Å². The van der Waals surface area contributed by atoms with Crippen molar-refractivity contribution in [3.63, 3.8) is 0 Å². The Kier molecular flexibility index (Phi) is 10.5. The highest BCUT2D eigenvalue weighted by Gasteiger charge is 2.04. The average Bonchev–Trinajstić information content (AvgIpc) is 2.26. The Bertz CT molecular complexity index is 172. The largest absolute Gasteiger partial charge is 0.355 e. The number of hydrogen-bond acceptors (Lipinski definition) is 3. The van der Waals surface area contributed by atoms with Gasteiger partial charge in [-0.3, -0.25) is 4.79 Å². The van der Waals surface area contributed by atoms with Gasteiger partial charge in [0.15, 0.2) is 0 Å². The minimum absolute atomic E-state index is 0.0848. The highest BCUT2D eigenvalue weighted by molar-refractivity contribution is 5.77. The van der Waals surface area contributed by atoms with Crippen molar-refractivity contribution in [2.75, 3.05) is 33.2 Å². The second-order valence-electron chi connectivity index (χ2n) is 4.36. The third-order valence-electron chi connectivity index (χ3n) is 2.41. The first-order valence-electron chi connectivity index (χ1n) is 6.31. The molecule has 0 bridgehead atoms. The van der Waals surface area contributed by atoms with Crippen molar-refractivity contribution in [1.82, 2.24) is 16.0 Å². The first kappa shape index (κ1) is 15.4. The number of unbranched alkanes of at least 4 members (excludes halogenated alkanes) is 2. The molecule has 0 aromatic carbocycles.